The molecule has 3 nitrogen and oxygen atoms in total. The first-order chi connectivity index (χ1) is 8.24. The van der Waals surface area contributed by atoms with Gasteiger partial charge in [0.15, 0.2) is 0 Å². The fourth-order valence-electron chi connectivity index (χ4n) is 1.24. The third-order valence-electron chi connectivity index (χ3n) is 2.05. The van der Waals surface area contributed by atoms with E-state index in [1.807, 2.05) is 0 Å². The predicted molar refractivity (Wildman–Crippen MR) is 64.4 cm³/mol. The van der Waals surface area contributed by atoms with Crippen LogP contribution in [0.25, 0.3) is 0 Å². The predicted octanol–water partition coefficient (Wildman–Crippen LogP) is 3.52. The van der Waals surface area contributed by atoms with Gasteiger partial charge in [0.2, 0.25) is 0 Å². The average molecular weight is 324 g/mol. The molecular formula is C11H9BrF3NO2. The van der Waals surface area contributed by atoms with E-state index in [-0.39, 0.29) is 10.2 Å². The summed E-state index contributed by atoms with van der Waals surface area (Å²) in [5, 5.41) is 11.2. The van der Waals surface area contributed by atoms with Crippen molar-refractivity contribution in [3.05, 3.63) is 40.9 Å². The van der Waals surface area contributed by atoms with Crippen molar-refractivity contribution < 1.29 is 23.1 Å². The Kier molecular flexibility index (Phi) is 4.39. The molecule has 0 saturated heterocycles. The highest BCUT2D eigenvalue weighted by molar-refractivity contribution is 9.10. The van der Waals surface area contributed by atoms with Gasteiger partial charge in [0.25, 0.3) is 0 Å². The lowest BCUT2D eigenvalue weighted by Gasteiger charge is -2.14. The van der Waals surface area contributed by atoms with Gasteiger partial charge in [-0.3, -0.25) is 0 Å². The van der Waals surface area contributed by atoms with Gasteiger partial charge in [-0.05, 0) is 18.2 Å². The lowest BCUT2D eigenvalue weighted by Crippen LogP contribution is -2.26. The van der Waals surface area contributed by atoms with Gasteiger partial charge in [0.1, 0.15) is 6.04 Å². The number of carboxylic acids is 1. The fourth-order valence-corrected chi connectivity index (χ4v) is 1.73. The summed E-state index contributed by atoms with van der Waals surface area (Å²) in [6.45, 7) is 3.29. The molecule has 0 saturated carbocycles. The monoisotopic (exact) mass is 323 g/mol. The summed E-state index contributed by atoms with van der Waals surface area (Å²) in [4.78, 5) is 10.7. The largest absolute Gasteiger partial charge is 0.479 e. The van der Waals surface area contributed by atoms with E-state index in [1.54, 1.807) is 0 Å². The van der Waals surface area contributed by atoms with Crippen LogP contribution in [-0.4, -0.2) is 17.1 Å². The second kappa shape index (κ2) is 5.43. The number of hydrogen-bond acceptors (Lipinski definition) is 2. The van der Waals surface area contributed by atoms with Crippen LogP contribution in [0.15, 0.2) is 35.3 Å². The zero-order valence-electron chi connectivity index (χ0n) is 8.96. The third kappa shape index (κ3) is 3.76. The Morgan fingerprint density at radius 3 is 2.50 bits per heavy atom. The first kappa shape index (κ1) is 14.6. The molecule has 1 unspecified atom stereocenters. The molecule has 0 amide bonds. The van der Waals surface area contributed by atoms with Gasteiger partial charge < -0.3 is 10.4 Å². The van der Waals surface area contributed by atoms with Gasteiger partial charge in [-0.1, -0.05) is 22.0 Å². The third-order valence-corrected chi connectivity index (χ3v) is 2.51. The second-order valence-electron chi connectivity index (χ2n) is 3.42. The number of hydrogen-bond donors (Lipinski definition) is 2. The van der Waals surface area contributed by atoms with E-state index in [1.165, 1.54) is 6.07 Å². The van der Waals surface area contributed by atoms with Gasteiger partial charge in [-0.15, -0.1) is 6.58 Å². The molecule has 2 N–H and O–H groups in total. The molecule has 0 aromatic heterocycles. The molecule has 18 heavy (non-hydrogen) atoms. The van der Waals surface area contributed by atoms with Crippen LogP contribution >= 0.6 is 15.9 Å². The summed E-state index contributed by atoms with van der Waals surface area (Å²) >= 11 is 2.94. The van der Waals surface area contributed by atoms with Gasteiger partial charge in [-0.2, -0.15) is 13.2 Å². The number of benzene rings is 1. The minimum Gasteiger partial charge on any atom is -0.479 e. The highest BCUT2D eigenvalue weighted by Crippen LogP contribution is 2.33. The van der Waals surface area contributed by atoms with E-state index in [0.29, 0.717) is 0 Å². The van der Waals surface area contributed by atoms with Gasteiger partial charge in [-0.25, -0.2) is 4.79 Å². The van der Waals surface area contributed by atoms with Crippen LogP contribution in [-0.2, 0) is 11.0 Å². The molecule has 0 radical (unpaired) electrons. The van der Waals surface area contributed by atoms with E-state index >= 15 is 0 Å². The van der Waals surface area contributed by atoms with Crippen molar-refractivity contribution >= 4 is 27.6 Å². The van der Waals surface area contributed by atoms with Crippen LogP contribution in [0.2, 0.25) is 0 Å². The molecule has 1 atom stereocenters. The van der Waals surface area contributed by atoms with E-state index in [4.69, 9.17) is 5.11 Å². The molecule has 0 fully saturated rings. The molecule has 0 aliphatic heterocycles. The Bertz CT molecular complexity index is 474. The molecule has 0 heterocycles. The first-order valence-corrected chi connectivity index (χ1v) is 5.53. The smallest absolute Gasteiger partial charge is 0.416 e. The maximum Gasteiger partial charge on any atom is 0.416 e. The summed E-state index contributed by atoms with van der Waals surface area (Å²) in [5.41, 5.74) is -0.823. The van der Waals surface area contributed by atoms with Crippen LogP contribution in [0.5, 0.6) is 0 Å². The fraction of sp³-hybridized carbons (Fsp3) is 0.182. The number of anilines is 1. The summed E-state index contributed by atoms with van der Waals surface area (Å²) in [6, 6.07) is 1.95. The highest BCUT2D eigenvalue weighted by Gasteiger charge is 2.31. The van der Waals surface area contributed by atoms with Crippen molar-refractivity contribution in [2.45, 2.75) is 12.2 Å². The number of nitrogens with one attached hydrogen (secondary N) is 1. The number of alkyl halides is 3. The van der Waals surface area contributed by atoms with Crippen molar-refractivity contribution in [1.82, 2.24) is 0 Å². The molecule has 1 rings (SSSR count). The van der Waals surface area contributed by atoms with Crippen molar-refractivity contribution in [1.29, 1.82) is 0 Å². The van der Waals surface area contributed by atoms with Crippen molar-refractivity contribution in [3.8, 4) is 0 Å². The molecule has 0 aliphatic rings. The van der Waals surface area contributed by atoms with E-state index in [2.05, 4.69) is 27.8 Å². The topological polar surface area (TPSA) is 49.3 Å². The van der Waals surface area contributed by atoms with Crippen LogP contribution < -0.4 is 5.32 Å². The summed E-state index contributed by atoms with van der Waals surface area (Å²) < 4.78 is 37.8. The Labute approximate surface area is 109 Å². The lowest BCUT2D eigenvalue weighted by atomic mass is 10.1. The summed E-state index contributed by atoms with van der Waals surface area (Å²) in [6.07, 6.45) is -3.40. The van der Waals surface area contributed by atoms with Gasteiger partial charge in [0.05, 0.1) is 5.56 Å². The van der Waals surface area contributed by atoms with Crippen molar-refractivity contribution in [3.63, 3.8) is 0 Å². The quantitative estimate of drug-likeness (QED) is 0.833. The number of aliphatic carboxylic acids is 1. The van der Waals surface area contributed by atoms with Gasteiger partial charge in [0, 0.05) is 10.2 Å². The zero-order chi connectivity index (χ0) is 13.9. The molecular weight excluding hydrogens is 315 g/mol. The van der Waals surface area contributed by atoms with Crippen LogP contribution in [0, 0.1) is 0 Å². The Morgan fingerprint density at radius 2 is 2.06 bits per heavy atom. The van der Waals surface area contributed by atoms with E-state index < -0.39 is 23.8 Å². The molecule has 7 heteroatoms. The molecule has 0 aliphatic carbocycles. The molecule has 1 aromatic carbocycles. The number of carbonyl (C=O) groups is 1. The van der Waals surface area contributed by atoms with Crippen LogP contribution in [0.1, 0.15) is 5.56 Å². The number of carboxylic acid groups (broad SMARTS) is 1. The SMILES string of the molecule is C=CC(Nc1cc(Br)cc(C(F)(F)F)c1)C(=O)O. The lowest BCUT2D eigenvalue weighted by molar-refractivity contribution is -0.137. The summed E-state index contributed by atoms with van der Waals surface area (Å²) in [5.74, 6) is -1.22. The Hall–Kier alpha value is -1.50. The molecule has 98 valence electrons. The maximum atomic E-state index is 12.5. The van der Waals surface area contributed by atoms with Crippen molar-refractivity contribution in [2.24, 2.45) is 0 Å². The minimum absolute atomic E-state index is 0.0454. The second-order valence-corrected chi connectivity index (χ2v) is 4.34. The Balaban J connectivity index is 3.07. The van der Waals surface area contributed by atoms with Crippen molar-refractivity contribution in [2.75, 3.05) is 5.32 Å². The standard InChI is InChI=1S/C11H9BrF3NO2/c1-2-9(10(17)18)16-8-4-6(11(13,14)15)3-7(12)5-8/h2-5,9,16H,1H2,(H,17,18). The minimum atomic E-state index is -4.49. The van der Waals surface area contributed by atoms with Crippen LogP contribution in [0.4, 0.5) is 18.9 Å². The molecule has 1 aromatic rings. The van der Waals surface area contributed by atoms with E-state index in [0.717, 1.165) is 18.2 Å². The highest BCUT2D eigenvalue weighted by atomic mass is 79.9. The maximum absolute atomic E-state index is 12.5. The van der Waals surface area contributed by atoms with E-state index in [9.17, 15) is 18.0 Å². The van der Waals surface area contributed by atoms with Crippen LogP contribution in [0.3, 0.4) is 0 Å². The number of halogens is 4. The zero-order valence-corrected chi connectivity index (χ0v) is 10.5. The summed E-state index contributed by atoms with van der Waals surface area (Å²) in [7, 11) is 0. The first-order valence-electron chi connectivity index (χ1n) is 4.73. The normalized spacial score (nSPS) is 12.9. The molecule has 0 spiro atoms. The molecule has 0 bridgehead atoms. The average Bonchev–Trinajstić information content (AvgIpc) is 2.23. The number of rotatable bonds is 4. The van der Waals surface area contributed by atoms with Gasteiger partial charge >= 0.3 is 12.1 Å². The Morgan fingerprint density at radius 1 is 1.44 bits per heavy atom.